The van der Waals surface area contributed by atoms with Crippen molar-refractivity contribution in [3.05, 3.63) is 0 Å². The molecule has 0 bridgehead atoms. The van der Waals surface area contributed by atoms with Crippen LogP contribution in [-0.4, -0.2) is 19.4 Å². The lowest BCUT2D eigenvalue weighted by molar-refractivity contribution is -0.0705. The first-order valence-corrected chi connectivity index (χ1v) is 6.55. The first-order chi connectivity index (χ1) is 4.19. The van der Waals surface area contributed by atoms with E-state index in [-0.39, 0.29) is 0 Å². The van der Waals surface area contributed by atoms with Crippen LogP contribution in [0.25, 0.3) is 0 Å². The molecular formula is C4H7ClF4Si. The molecule has 62 valence electrons. The number of hydrogen-bond donors (Lipinski definition) is 0. The van der Waals surface area contributed by atoms with Gasteiger partial charge in [0.25, 0.3) is 6.43 Å². The lowest BCUT2D eigenvalue weighted by Crippen LogP contribution is -2.48. The highest BCUT2D eigenvalue weighted by atomic mass is 35.6. The molecule has 0 aliphatic heterocycles. The maximum atomic E-state index is 12.2. The molecule has 0 amide bonds. The van der Waals surface area contributed by atoms with E-state index in [1.807, 2.05) is 0 Å². The molecule has 0 aromatic carbocycles. The molecule has 0 aromatic rings. The highest BCUT2D eigenvalue weighted by Gasteiger charge is 2.55. The van der Waals surface area contributed by atoms with Gasteiger partial charge in [0, 0.05) is 0 Å². The van der Waals surface area contributed by atoms with Crippen molar-refractivity contribution in [2.45, 2.75) is 25.1 Å². The fourth-order valence-electron chi connectivity index (χ4n) is 0.259. The molecule has 0 unspecified atom stereocenters. The molecular weight excluding hydrogens is 188 g/mol. The Balaban J connectivity index is 4.40. The van der Waals surface area contributed by atoms with E-state index >= 15 is 0 Å². The van der Waals surface area contributed by atoms with Crippen LogP contribution >= 0.6 is 11.1 Å². The summed E-state index contributed by atoms with van der Waals surface area (Å²) in [4.78, 5) is 0. The lowest BCUT2D eigenvalue weighted by Gasteiger charge is -2.24. The van der Waals surface area contributed by atoms with Gasteiger partial charge in [-0.2, -0.15) is 11.1 Å². The second kappa shape index (κ2) is 2.69. The normalized spacial score (nSPS) is 14.4. The summed E-state index contributed by atoms with van der Waals surface area (Å²) >= 11 is 5.13. The van der Waals surface area contributed by atoms with Crippen LogP contribution in [0.4, 0.5) is 17.6 Å². The van der Waals surface area contributed by atoms with Crippen molar-refractivity contribution < 1.29 is 17.6 Å². The second-order valence-corrected chi connectivity index (χ2v) is 8.84. The third-order valence-electron chi connectivity index (χ3n) is 1.07. The van der Waals surface area contributed by atoms with Gasteiger partial charge in [-0.25, -0.2) is 17.6 Å². The van der Waals surface area contributed by atoms with Gasteiger partial charge in [-0.15, -0.1) is 0 Å². The van der Waals surface area contributed by atoms with Gasteiger partial charge in [-0.3, -0.25) is 0 Å². The van der Waals surface area contributed by atoms with Gasteiger partial charge in [-0.1, -0.05) is 13.1 Å². The first-order valence-electron chi connectivity index (χ1n) is 2.54. The maximum absolute atomic E-state index is 12.2. The fraction of sp³-hybridized carbons (Fsp3) is 1.00. The SMILES string of the molecule is C[Si](C)(Cl)C(F)(F)C(F)F. The number of rotatable bonds is 2. The Bertz CT molecular complexity index is 119. The zero-order valence-corrected chi connectivity index (χ0v) is 7.22. The molecule has 0 fully saturated rings. The van der Waals surface area contributed by atoms with Crippen molar-refractivity contribution >= 4 is 18.5 Å². The van der Waals surface area contributed by atoms with E-state index in [1.54, 1.807) is 0 Å². The van der Waals surface area contributed by atoms with Gasteiger partial charge in [0.05, 0.1) is 0 Å². The van der Waals surface area contributed by atoms with Crippen LogP contribution in [0, 0.1) is 0 Å². The van der Waals surface area contributed by atoms with E-state index in [0.29, 0.717) is 0 Å². The Morgan fingerprint density at radius 3 is 1.60 bits per heavy atom. The predicted octanol–water partition coefficient (Wildman–Crippen LogP) is 2.87. The third kappa shape index (κ3) is 1.85. The van der Waals surface area contributed by atoms with Gasteiger partial charge in [-0.05, 0) is 0 Å². The minimum Gasteiger partial charge on any atom is -0.204 e. The minimum absolute atomic E-state index is 0.987. The van der Waals surface area contributed by atoms with Crippen molar-refractivity contribution in [2.75, 3.05) is 0 Å². The molecule has 0 rings (SSSR count). The molecule has 0 aliphatic carbocycles. The van der Waals surface area contributed by atoms with Gasteiger partial charge in [0.15, 0.2) is 0 Å². The Morgan fingerprint density at radius 1 is 1.30 bits per heavy atom. The van der Waals surface area contributed by atoms with Crippen molar-refractivity contribution in [1.29, 1.82) is 0 Å². The predicted molar refractivity (Wildman–Crippen MR) is 34.3 cm³/mol. The van der Waals surface area contributed by atoms with E-state index in [0.717, 1.165) is 13.1 Å². The summed E-state index contributed by atoms with van der Waals surface area (Å²) in [5.74, 6) is 0. The molecule has 0 aromatic heterocycles. The third-order valence-corrected chi connectivity index (χ3v) is 3.63. The lowest BCUT2D eigenvalue weighted by atomic mass is 10.7. The molecule has 0 saturated heterocycles. The van der Waals surface area contributed by atoms with Crippen LogP contribution in [-0.2, 0) is 0 Å². The molecule has 0 radical (unpaired) electrons. The summed E-state index contributed by atoms with van der Waals surface area (Å²) in [5.41, 5.74) is -3.99. The van der Waals surface area contributed by atoms with Crippen LogP contribution in [0.2, 0.25) is 13.1 Å². The Morgan fingerprint density at radius 2 is 1.60 bits per heavy atom. The van der Waals surface area contributed by atoms with E-state index in [2.05, 4.69) is 0 Å². The number of hydrogen-bond acceptors (Lipinski definition) is 0. The van der Waals surface area contributed by atoms with E-state index in [9.17, 15) is 17.6 Å². The molecule has 0 N–H and O–H groups in total. The Kier molecular flexibility index (Phi) is 2.75. The first kappa shape index (κ1) is 10.2. The average Bonchev–Trinajstić information content (AvgIpc) is 1.62. The Labute approximate surface area is 61.9 Å². The maximum Gasteiger partial charge on any atom is 0.303 e. The fourth-order valence-corrected chi connectivity index (χ4v) is 1.03. The monoisotopic (exact) mass is 194 g/mol. The molecule has 0 atom stereocenters. The van der Waals surface area contributed by atoms with Crippen molar-refractivity contribution in [3.63, 3.8) is 0 Å². The molecule has 0 nitrogen and oxygen atoms in total. The molecule has 0 aliphatic rings. The number of halogens is 5. The Hall–Kier alpha value is 0.227. The number of alkyl halides is 4. The van der Waals surface area contributed by atoms with Gasteiger partial charge < -0.3 is 0 Å². The second-order valence-electron chi connectivity index (χ2n) is 2.40. The smallest absolute Gasteiger partial charge is 0.204 e. The molecule has 10 heavy (non-hydrogen) atoms. The minimum atomic E-state index is -3.99. The van der Waals surface area contributed by atoms with Gasteiger partial charge >= 0.3 is 5.55 Å². The molecule has 0 saturated carbocycles. The topological polar surface area (TPSA) is 0 Å². The average molecular weight is 195 g/mol. The molecule has 0 heterocycles. The van der Waals surface area contributed by atoms with Crippen molar-refractivity contribution in [1.82, 2.24) is 0 Å². The van der Waals surface area contributed by atoms with Crippen LogP contribution < -0.4 is 0 Å². The van der Waals surface area contributed by atoms with E-state index in [4.69, 9.17) is 11.1 Å². The van der Waals surface area contributed by atoms with Gasteiger partial charge in [0.1, 0.15) is 0 Å². The zero-order chi connectivity index (χ0) is 8.58. The highest BCUT2D eigenvalue weighted by Crippen LogP contribution is 2.35. The van der Waals surface area contributed by atoms with Crippen LogP contribution in [0.1, 0.15) is 0 Å². The molecule has 6 heteroatoms. The van der Waals surface area contributed by atoms with Gasteiger partial charge in [0.2, 0.25) is 7.38 Å². The summed E-state index contributed by atoms with van der Waals surface area (Å²) in [6.07, 6.45) is -3.65. The van der Waals surface area contributed by atoms with Crippen LogP contribution in [0.15, 0.2) is 0 Å². The van der Waals surface area contributed by atoms with E-state index in [1.165, 1.54) is 0 Å². The van der Waals surface area contributed by atoms with Crippen molar-refractivity contribution in [2.24, 2.45) is 0 Å². The largest absolute Gasteiger partial charge is 0.303 e. The molecule has 0 spiro atoms. The zero-order valence-electron chi connectivity index (χ0n) is 5.47. The summed E-state index contributed by atoms with van der Waals surface area (Å²) < 4.78 is 47.5. The highest BCUT2D eigenvalue weighted by molar-refractivity contribution is 7.20. The van der Waals surface area contributed by atoms with E-state index < -0.39 is 19.4 Å². The van der Waals surface area contributed by atoms with Crippen LogP contribution in [0.3, 0.4) is 0 Å². The standard InChI is InChI=1S/C4H7ClF4Si/c1-10(2,5)4(8,9)3(6)7/h3H,1-2H3. The summed E-state index contributed by atoms with van der Waals surface area (Å²) in [6, 6.07) is 0. The van der Waals surface area contributed by atoms with Crippen LogP contribution in [0.5, 0.6) is 0 Å². The summed E-state index contributed by atoms with van der Waals surface area (Å²) in [7, 11) is -3.56. The quantitative estimate of drug-likeness (QED) is 0.360. The summed E-state index contributed by atoms with van der Waals surface area (Å²) in [5, 5.41) is 0. The summed E-state index contributed by atoms with van der Waals surface area (Å²) in [6.45, 7) is 1.97. The van der Waals surface area contributed by atoms with Crippen molar-refractivity contribution in [3.8, 4) is 0 Å².